The number of fused-ring (bicyclic) bond motifs is 2. The number of nitrogens with one attached hydrogen (secondary N) is 1. The van der Waals surface area contributed by atoms with Gasteiger partial charge < -0.3 is 20.5 Å². The molecule has 0 bridgehead atoms. The van der Waals surface area contributed by atoms with Gasteiger partial charge in [0.25, 0.3) is 5.91 Å². The predicted octanol–water partition coefficient (Wildman–Crippen LogP) is 2.90. The van der Waals surface area contributed by atoms with Gasteiger partial charge in [-0.1, -0.05) is 36.4 Å². The zero-order valence-electron chi connectivity index (χ0n) is 17.6. The summed E-state index contributed by atoms with van der Waals surface area (Å²) in [6, 6.07) is 17.6. The molecule has 1 unspecified atom stereocenters. The van der Waals surface area contributed by atoms with Crippen LogP contribution in [0.25, 0.3) is 10.9 Å². The maximum absolute atomic E-state index is 13.0. The van der Waals surface area contributed by atoms with Gasteiger partial charge in [0.2, 0.25) is 5.91 Å². The predicted molar refractivity (Wildman–Crippen MR) is 121 cm³/mol. The van der Waals surface area contributed by atoms with Crippen LogP contribution in [0.3, 0.4) is 0 Å². The average molecular weight is 417 g/mol. The third-order valence-corrected chi connectivity index (χ3v) is 6.81. The molecule has 0 aliphatic carbocycles. The van der Waals surface area contributed by atoms with E-state index in [0.29, 0.717) is 23.1 Å². The summed E-state index contributed by atoms with van der Waals surface area (Å²) < 4.78 is 0. The van der Waals surface area contributed by atoms with Gasteiger partial charge >= 0.3 is 0 Å². The molecule has 2 atom stereocenters. The molecule has 3 aromatic rings. The third-order valence-electron chi connectivity index (χ3n) is 6.81. The van der Waals surface area contributed by atoms with Gasteiger partial charge in [-0.25, -0.2) is 0 Å². The van der Waals surface area contributed by atoms with Crippen molar-refractivity contribution < 1.29 is 9.59 Å². The van der Waals surface area contributed by atoms with Crippen molar-refractivity contribution in [2.75, 3.05) is 32.7 Å². The summed E-state index contributed by atoms with van der Waals surface area (Å²) in [4.78, 5) is 32.4. The fraction of sp³-hybridized carbons (Fsp3) is 0.360. The molecule has 31 heavy (non-hydrogen) atoms. The average Bonchev–Trinajstić information content (AvgIpc) is 3.46. The van der Waals surface area contributed by atoms with Gasteiger partial charge in [-0.2, -0.15) is 0 Å². The lowest BCUT2D eigenvalue weighted by Gasteiger charge is -2.21. The van der Waals surface area contributed by atoms with Crippen LogP contribution in [0.2, 0.25) is 0 Å². The van der Waals surface area contributed by atoms with Gasteiger partial charge in [-0.05, 0) is 55.0 Å². The van der Waals surface area contributed by atoms with Crippen molar-refractivity contribution in [3.63, 3.8) is 0 Å². The number of primary amides is 1. The van der Waals surface area contributed by atoms with Gasteiger partial charge in [-0.15, -0.1) is 0 Å². The molecule has 0 saturated carbocycles. The lowest BCUT2D eigenvalue weighted by Crippen LogP contribution is -2.33. The summed E-state index contributed by atoms with van der Waals surface area (Å²) in [5.41, 5.74) is 8.85. The number of H-pyrrole nitrogens is 1. The second-order valence-electron chi connectivity index (χ2n) is 8.89. The quantitative estimate of drug-likeness (QED) is 0.648. The second-order valence-corrected chi connectivity index (χ2v) is 8.89. The number of amides is 2. The van der Waals surface area contributed by atoms with Crippen molar-refractivity contribution in [1.29, 1.82) is 0 Å². The molecule has 2 saturated heterocycles. The molecular weight excluding hydrogens is 388 g/mol. The molecule has 1 aromatic heterocycles. The number of aryl methyl sites for hydroxylation is 1. The largest absolute Gasteiger partial charge is 0.366 e. The number of carbonyl (C=O) groups is 2. The molecule has 5 rings (SSSR count). The highest BCUT2D eigenvalue weighted by atomic mass is 16.2. The van der Waals surface area contributed by atoms with Gasteiger partial charge in [0.1, 0.15) is 5.69 Å². The van der Waals surface area contributed by atoms with E-state index in [1.807, 2.05) is 53.4 Å². The van der Waals surface area contributed by atoms with E-state index < -0.39 is 0 Å². The Bertz CT molecular complexity index is 1070. The van der Waals surface area contributed by atoms with E-state index in [1.165, 1.54) is 0 Å². The van der Waals surface area contributed by atoms with Crippen LogP contribution in [0.5, 0.6) is 0 Å². The van der Waals surface area contributed by atoms with E-state index in [9.17, 15) is 9.59 Å². The normalized spacial score (nSPS) is 21.0. The van der Waals surface area contributed by atoms with Crippen LogP contribution in [0.1, 0.15) is 32.8 Å². The fourth-order valence-corrected chi connectivity index (χ4v) is 5.27. The number of para-hydroxylation sites is 1. The van der Waals surface area contributed by atoms with Crippen molar-refractivity contribution >= 4 is 22.7 Å². The molecule has 0 radical (unpaired) electrons. The molecule has 3 N–H and O–H groups in total. The van der Waals surface area contributed by atoms with Crippen LogP contribution < -0.4 is 5.73 Å². The molecule has 2 aliphatic rings. The molecule has 6 nitrogen and oxygen atoms in total. The van der Waals surface area contributed by atoms with E-state index >= 15 is 0 Å². The van der Waals surface area contributed by atoms with Crippen LogP contribution in [0.15, 0.2) is 54.6 Å². The van der Waals surface area contributed by atoms with Crippen molar-refractivity contribution in [2.45, 2.75) is 12.8 Å². The lowest BCUT2D eigenvalue weighted by molar-refractivity contribution is 0.0769. The van der Waals surface area contributed by atoms with Gasteiger partial charge in [0.05, 0.1) is 0 Å². The van der Waals surface area contributed by atoms with Crippen LogP contribution in [-0.2, 0) is 6.42 Å². The number of nitrogens with two attached hydrogens (primary N) is 1. The minimum atomic E-state index is -0.356. The number of carbonyl (C=O) groups excluding carboxylic acids is 2. The molecule has 160 valence electrons. The van der Waals surface area contributed by atoms with Crippen molar-refractivity contribution in [1.82, 2.24) is 14.8 Å². The molecule has 6 heteroatoms. The number of likely N-dealkylation sites (tertiary alicyclic amines) is 2. The Morgan fingerprint density at radius 3 is 2.42 bits per heavy atom. The van der Waals surface area contributed by atoms with Crippen LogP contribution >= 0.6 is 0 Å². The molecule has 0 spiro atoms. The summed E-state index contributed by atoms with van der Waals surface area (Å²) in [6.07, 6.45) is 1.86. The van der Waals surface area contributed by atoms with Crippen LogP contribution in [0.4, 0.5) is 0 Å². The summed E-state index contributed by atoms with van der Waals surface area (Å²) in [7, 11) is 0. The molecule has 3 heterocycles. The van der Waals surface area contributed by atoms with Crippen LogP contribution in [0, 0.1) is 11.8 Å². The van der Waals surface area contributed by atoms with E-state index in [2.05, 4.69) is 9.88 Å². The number of aromatic amines is 1. The highest BCUT2D eigenvalue weighted by Gasteiger charge is 2.41. The molecule has 2 fully saturated rings. The Kier molecular flexibility index (Phi) is 5.24. The minimum Gasteiger partial charge on any atom is -0.366 e. The minimum absolute atomic E-state index is 0.111. The van der Waals surface area contributed by atoms with Crippen molar-refractivity contribution in [2.24, 2.45) is 17.6 Å². The molecule has 2 aliphatic heterocycles. The Morgan fingerprint density at radius 1 is 0.968 bits per heavy atom. The van der Waals surface area contributed by atoms with E-state index in [1.54, 1.807) is 6.07 Å². The van der Waals surface area contributed by atoms with Crippen LogP contribution in [-0.4, -0.2) is 59.3 Å². The van der Waals surface area contributed by atoms with Gasteiger partial charge in [-0.3, -0.25) is 9.59 Å². The highest BCUT2D eigenvalue weighted by Crippen LogP contribution is 2.32. The first-order valence-corrected chi connectivity index (χ1v) is 11.1. The van der Waals surface area contributed by atoms with Crippen molar-refractivity contribution in [3.05, 3.63) is 71.4 Å². The summed E-state index contributed by atoms with van der Waals surface area (Å²) >= 11 is 0. The number of nitrogens with zero attached hydrogens (tertiary/aromatic N) is 2. The fourth-order valence-electron chi connectivity index (χ4n) is 5.27. The van der Waals surface area contributed by atoms with E-state index in [-0.39, 0.29) is 11.8 Å². The molecule has 2 amide bonds. The summed E-state index contributed by atoms with van der Waals surface area (Å²) in [5, 5.41) is 1.08. The Labute approximate surface area is 182 Å². The SMILES string of the molecule is NC(=O)c1ccccc1CCCN1CC2CN(C(=O)c3cc4ccccc4[nH]3)C[C@@H]2C1. The number of hydrogen-bond acceptors (Lipinski definition) is 3. The topological polar surface area (TPSA) is 82.4 Å². The van der Waals surface area contributed by atoms with E-state index in [0.717, 1.165) is 62.0 Å². The highest BCUT2D eigenvalue weighted by molar-refractivity contribution is 5.98. The Balaban J connectivity index is 1.13. The Hall–Kier alpha value is -3.12. The number of hydrogen-bond donors (Lipinski definition) is 2. The maximum atomic E-state index is 13.0. The van der Waals surface area contributed by atoms with Crippen molar-refractivity contribution in [3.8, 4) is 0 Å². The maximum Gasteiger partial charge on any atom is 0.270 e. The third kappa shape index (κ3) is 3.95. The lowest BCUT2D eigenvalue weighted by atomic mass is 10.0. The zero-order chi connectivity index (χ0) is 21.4. The monoisotopic (exact) mass is 416 g/mol. The van der Waals surface area contributed by atoms with Gasteiger partial charge in [0, 0.05) is 42.6 Å². The number of rotatable bonds is 6. The molecule has 2 aromatic carbocycles. The first-order chi connectivity index (χ1) is 15.1. The standard InChI is InChI=1S/C25H28N4O2/c26-24(30)21-9-3-1-6-17(21)8-5-11-28-13-19-15-29(16-20(19)14-28)25(31)23-12-18-7-2-4-10-22(18)27-23/h1-4,6-7,9-10,12,19-20,27H,5,8,11,13-16H2,(H2,26,30)/t19-,20?/m0/s1. The number of aromatic nitrogens is 1. The first kappa shape index (κ1) is 19.8. The van der Waals surface area contributed by atoms with E-state index in [4.69, 9.17) is 5.73 Å². The number of benzene rings is 2. The second kappa shape index (κ2) is 8.19. The summed E-state index contributed by atoms with van der Waals surface area (Å²) in [6.45, 7) is 4.76. The van der Waals surface area contributed by atoms with Gasteiger partial charge in [0.15, 0.2) is 0 Å². The smallest absolute Gasteiger partial charge is 0.270 e. The molecular formula is C25H28N4O2. The zero-order valence-corrected chi connectivity index (χ0v) is 17.6. The Morgan fingerprint density at radius 2 is 1.68 bits per heavy atom. The first-order valence-electron chi connectivity index (χ1n) is 11.1. The summed E-state index contributed by atoms with van der Waals surface area (Å²) in [5.74, 6) is 0.851.